The van der Waals surface area contributed by atoms with Crippen LogP contribution in [0.4, 0.5) is 0 Å². The molecule has 2 aliphatic carbocycles. The number of rotatable bonds is 0. The Labute approximate surface area is 68.2 Å². The van der Waals surface area contributed by atoms with Gasteiger partial charge in [0.1, 0.15) is 5.78 Å². The average Bonchev–Trinajstić information content (AvgIpc) is 2.34. The van der Waals surface area contributed by atoms with Crippen molar-refractivity contribution < 1.29 is 4.79 Å². The molecule has 0 radical (unpaired) electrons. The average molecular weight is 152 g/mol. The minimum atomic E-state index is 0.349. The van der Waals surface area contributed by atoms with Gasteiger partial charge in [0.25, 0.3) is 0 Å². The molecule has 0 aromatic carbocycles. The summed E-state index contributed by atoms with van der Waals surface area (Å²) in [7, 11) is 0. The molecule has 3 atom stereocenters. The second-order valence-corrected chi connectivity index (χ2v) is 4.92. The van der Waals surface area contributed by atoms with Crippen LogP contribution in [-0.4, -0.2) is 5.78 Å². The molecule has 11 heavy (non-hydrogen) atoms. The molecule has 0 amide bonds. The van der Waals surface area contributed by atoms with Crippen molar-refractivity contribution in [1.29, 1.82) is 0 Å². The molecular weight excluding hydrogens is 136 g/mol. The van der Waals surface area contributed by atoms with Crippen molar-refractivity contribution >= 4 is 5.78 Å². The van der Waals surface area contributed by atoms with Crippen LogP contribution >= 0.6 is 0 Å². The van der Waals surface area contributed by atoms with Crippen molar-refractivity contribution in [2.75, 3.05) is 0 Å². The molecule has 1 heteroatoms. The lowest BCUT2D eigenvalue weighted by atomic mass is 9.90. The standard InChI is InChI=1S/C10H16O/c1-6-4-7-9(8(11)5-6)10(7,2)3/h6-7,9H,4-5H2,1-3H3/t6-,7?,9?/m1/s1. The summed E-state index contributed by atoms with van der Waals surface area (Å²) in [6.45, 7) is 6.67. The highest BCUT2D eigenvalue weighted by Crippen LogP contribution is 2.64. The lowest BCUT2D eigenvalue weighted by Gasteiger charge is -2.14. The molecule has 0 bridgehead atoms. The van der Waals surface area contributed by atoms with Crippen molar-refractivity contribution in [3.8, 4) is 0 Å². The van der Waals surface area contributed by atoms with E-state index in [4.69, 9.17) is 0 Å². The number of ketones is 1. The third-order valence-corrected chi connectivity index (χ3v) is 3.60. The summed E-state index contributed by atoms with van der Waals surface area (Å²) >= 11 is 0. The number of hydrogen-bond donors (Lipinski definition) is 0. The quantitative estimate of drug-likeness (QED) is 0.520. The van der Waals surface area contributed by atoms with E-state index in [0.717, 1.165) is 12.3 Å². The second kappa shape index (κ2) is 1.88. The van der Waals surface area contributed by atoms with Gasteiger partial charge in [-0.3, -0.25) is 4.79 Å². The Kier molecular flexibility index (Phi) is 1.25. The van der Waals surface area contributed by atoms with Crippen molar-refractivity contribution in [3.63, 3.8) is 0 Å². The van der Waals surface area contributed by atoms with Crippen LogP contribution in [0.5, 0.6) is 0 Å². The van der Waals surface area contributed by atoms with E-state index in [1.165, 1.54) is 6.42 Å². The molecule has 0 aliphatic heterocycles. The Morgan fingerprint density at radius 2 is 2.09 bits per heavy atom. The molecule has 2 saturated carbocycles. The summed E-state index contributed by atoms with van der Waals surface area (Å²) in [4.78, 5) is 11.5. The number of fused-ring (bicyclic) bond motifs is 1. The van der Waals surface area contributed by atoms with Crippen LogP contribution in [0.2, 0.25) is 0 Å². The van der Waals surface area contributed by atoms with Crippen LogP contribution in [0.25, 0.3) is 0 Å². The zero-order valence-corrected chi connectivity index (χ0v) is 7.55. The summed E-state index contributed by atoms with van der Waals surface area (Å²) in [6.07, 6.45) is 2.12. The maximum absolute atomic E-state index is 11.5. The van der Waals surface area contributed by atoms with E-state index in [1.54, 1.807) is 0 Å². The smallest absolute Gasteiger partial charge is 0.137 e. The maximum atomic E-state index is 11.5. The van der Waals surface area contributed by atoms with Crippen LogP contribution in [-0.2, 0) is 4.79 Å². The third kappa shape index (κ3) is 0.863. The lowest BCUT2D eigenvalue weighted by molar-refractivity contribution is -0.122. The maximum Gasteiger partial charge on any atom is 0.137 e. The molecule has 1 nitrogen and oxygen atoms in total. The van der Waals surface area contributed by atoms with E-state index < -0.39 is 0 Å². The summed E-state index contributed by atoms with van der Waals surface area (Å²) in [6, 6.07) is 0. The van der Waals surface area contributed by atoms with E-state index >= 15 is 0 Å². The van der Waals surface area contributed by atoms with Crippen LogP contribution in [0.3, 0.4) is 0 Å². The Morgan fingerprint density at radius 3 is 2.64 bits per heavy atom. The zero-order chi connectivity index (χ0) is 8.22. The highest BCUT2D eigenvalue weighted by molar-refractivity contribution is 5.86. The van der Waals surface area contributed by atoms with Crippen molar-refractivity contribution in [2.24, 2.45) is 23.2 Å². The highest BCUT2D eigenvalue weighted by atomic mass is 16.1. The fourth-order valence-electron chi connectivity index (χ4n) is 2.81. The van der Waals surface area contributed by atoms with Gasteiger partial charge in [-0.15, -0.1) is 0 Å². The zero-order valence-electron chi connectivity index (χ0n) is 7.55. The monoisotopic (exact) mass is 152 g/mol. The minimum Gasteiger partial charge on any atom is -0.299 e. The fourth-order valence-corrected chi connectivity index (χ4v) is 2.81. The molecule has 2 rings (SSSR count). The predicted molar refractivity (Wildman–Crippen MR) is 44.2 cm³/mol. The van der Waals surface area contributed by atoms with E-state index in [-0.39, 0.29) is 0 Å². The summed E-state index contributed by atoms with van der Waals surface area (Å²) in [5.74, 6) is 2.32. The molecular formula is C10H16O. The number of Topliss-reactive ketones (excluding diaryl/α,β-unsaturated/α-hetero) is 1. The summed E-state index contributed by atoms with van der Waals surface area (Å²) in [5.41, 5.74) is 0.349. The van der Waals surface area contributed by atoms with Gasteiger partial charge in [0, 0.05) is 12.3 Å². The SMILES string of the molecule is C[C@H]1CC(=O)C2C(C1)C2(C)C. The van der Waals surface area contributed by atoms with E-state index in [0.29, 0.717) is 23.0 Å². The van der Waals surface area contributed by atoms with E-state index in [2.05, 4.69) is 20.8 Å². The van der Waals surface area contributed by atoms with E-state index in [9.17, 15) is 4.79 Å². The number of hydrogen-bond acceptors (Lipinski definition) is 1. The van der Waals surface area contributed by atoms with E-state index in [1.807, 2.05) is 0 Å². The number of carbonyl (C=O) groups is 1. The first-order chi connectivity index (χ1) is 5.03. The van der Waals surface area contributed by atoms with Gasteiger partial charge in [-0.25, -0.2) is 0 Å². The molecule has 2 aliphatic rings. The lowest BCUT2D eigenvalue weighted by Crippen LogP contribution is -2.15. The predicted octanol–water partition coefficient (Wildman–Crippen LogP) is 2.26. The molecule has 62 valence electrons. The molecule has 0 N–H and O–H groups in total. The first-order valence-electron chi connectivity index (χ1n) is 4.56. The molecule has 0 heterocycles. The van der Waals surface area contributed by atoms with Gasteiger partial charge in [-0.05, 0) is 23.7 Å². The Bertz CT molecular complexity index is 205. The Morgan fingerprint density at radius 1 is 1.45 bits per heavy atom. The number of carbonyl (C=O) groups excluding carboxylic acids is 1. The minimum absolute atomic E-state index is 0.349. The van der Waals surface area contributed by atoms with Gasteiger partial charge in [0.15, 0.2) is 0 Å². The summed E-state index contributed by atoms with van der Waals surface area (Å²) in [5, 5.41) is 0. The summed E-state index contributed by atoms with van der Waals surface area (Å²) < 4.78 is 0. The van der Waals surface area contributed by atoms with Crippen molar-refractivity contribution in [1.82, 2.24) is 0 Å². The van der Waals surface area contributed by atoms with Crippen molar-refractivity contribution in [3.05, 3.63) is 0 Å². The third-order valence-electron chi connectivity index (χ3n) is 3.60. The molecule has 2 unspecified atom stereocenters. The van der Waals surface area contributed by atoms with Crippen LogP contribution in [0.15, 0.2) is 0 Å². The largest absolute Gasteiger partial charge is 0.299 e. The first-order valence-corrected chi connectivity index (χ1v) is 4.56. The fraction of sp³-hybridized carbons (Fsp3) is 0.900. The van der Waals surface area contributed by atoms with Crippen LogP contribution in [0, 0.1) is 23.2 Å². The van der Waals surface area contributed by atoms with Crippen LogP contribution < -0.4 is 0 Å². The topological polar surface area (TPSA) is 17.1 Å². The Balaban J connectivity index is 2.17. The first kappa shape index (κ1) is 7.33. The molecule has 2 fully saturated rings. The molecule has 0 spiro atoms. The molecule has 0 aromatic rings. The Hall–Kier alpha value is -0.330. The normalized spacial score (nSPS) is 46.8. The van der Waals surface area contributed by atoms with Crippen LogP contribution in [0.1, 0.15) is 33.6 Å². The molecule has 0 aromatic heterocycles. The van der Waals surface area contributed by atoms with Gasteiger partial charge < -0.3 is 0 Å². The van der Waals surface area contributed by atoms with Crippen molar-refractivity contribution in [2.45, 2.75) is 33.6 Å². The van der Waals surface area contributed by atoms with Gasteiger partial charge in [-0.1, -0.05) is 20.8 Å². The molecule has 0 saturated heterocycles. The highest BCUT2D eigenvalue weighted by Gasteiger charge is 2.62. The van der Waals surface area contributed by atoms with Gasteiger partial charge in [-0.2, -0.15) is 0 Å². The van der Waals surface area contributed by atoms with Gasteiger partial charge >= 0.3 is 0 Å². The van der Waals surface area contributed by atoms with Gasteiger partial charge in [0.2, 0.25) is 0 Å². The van der Waals surface area contributed by atoms with Gasteiger partial charge in [0.05, 0.1) is 0 Å². The second-order valence-electron chi connectivity index (χ2n) is 4.92.